The van der Waals surface area contributed by atoms with Crippen molar-refractivity contribution in [1.29, 1.82) is 0 Å². The molecule has 0 N–H and O–H groups in total. The van der Waals surface area contributed by atoms with E-state index in [0.717, 1.165) is 6.42 Å². The zero-order valence-corrected chi connectivity index (χ0v) is 12.6. The molecule has 0 aromatic heterocycles. The first-order chi connectivity index (χ1) is 11.3. The second-order valence-corrected chi connectivity index (χ2v) is 5.92. The van der Waals surface area contributed by atoms with E-state index in [4.69, 9.17) is 0 Å². The number of aryl methyl sites for hydroxylation is 1. The molecule has 0 atom stereocenters. The Morgan fingerprint density at radius 3 is 2.22 bits per heavy atom. The van der Waals surface area contributed by atoms with Gasteiger partial charge in [-0.3, -0.25) is 4.79 Å². The summed E-state index contributed by atoms with van der Waals surface area (Å²) in [4.78, 5) is 21.2. The molecule has 4 aromatic rings. The van der Waals surface area contributed by atoms with Crippen molar-refractivity contribution < 1.29 is 4.79 Å². The van der Waals surface area contributed by atoms with Gasteiger partial charge in [-0.1, -0.05) is 54.6 Å². The van der Waals surface area contributed by atoms with E-state index in [1.54, 1.807) is 0 Å². The molecule has 0 aliphatic carbocycles. The lowest BCUT2D eigenvalue weighted by Gasteiger charge is -2.13. The number of hydrogen-bond donors (Lipinski definition) is 0. The molecule has 23 heavy (non-hydrogen) atoms. The minimum atomic E-state index is -0.567. The number of benzene rings is 4. The van der Waals surface area contributed by atoms with Gasteiger partial charge < -0.3 is 0 Å². The summed E-state index contributed by atoms with van der Waals surface area (Å²) in [5, 5.41) is 10.0. The highest BCUT2D eigenvalue weighted by atomic mass is 16.3. The van der Waals surface area contributed by atoms with Gasteiger partial charge in [0.25, 0.3) is 5.91 Å². The van der Waals surface area contributed by atoms with Crippen LogP contribution in [0.3, 0.4) is 0 Å². The summed E-state index contributed by atoms with van der Waals surface area (Å²) in [6.45, 7) is 0. The lowest BCUT2D eigenvalue weighted by Crippen LogP contribution is -1.95. The van der Waals surface area contributed by atoms with E-state index < -0.39 is 5.91 Å². The molecule has 0 bridgehead atoms. The Labute approximate surface area is 133 Å². The third-order valence-corrected chi connectivity index (χ3v) is 4.56. The Morgan fingerprint density at radius 1 is 0.826 bits per heavy atom. The molecule has 3 heteroatoms. The summed E-state index contributed by atoms with van der Waals surface area (Å²) in [6, 6.07) is 19.3. The fraction of sp³-hybridized carbons (Fsp3) is 0.150. The Hall–Kier alpha value is -2.81. The summed E-state index contributed by atoms with van der Waals surface area (Å²) in [5.74, 6) is -0.567. The zero-order valence-electron chi connectivity index (χ0n) is 12.6. The van der Waals surface area contributed by atoms with Crippen LogP contribution in [0, 0.1) is 4.91 Å². The summed E-state index contributed by atoms with van der Waals surface area (Å²) in [6.07, 6.45) is 1.63. The first-order valence-electron chi connectivity index (χ1n) is 7.79. The topological polar surface area (TPSA) is 46.5 Å². The Balaban J connectivity index is 1.86. The second kappa shape index (κ2) is 5.43. The summed E-state index contributed by atoms with van der Waals surface area (Å²) >= 11 is 0. The van der Waals surface area contributed by atoms with Gasteiger partial charge in [-0.2, -0.15) is 0 Å². The molecule has 0 heterocycles. The third-order valence-electron chi connectivity index (χ3n) is 4.56. The van der Waals surface area contributed by atoms with E-state index in [1.807, 2.05) is 0 Å². The van der Waals surface area contributed by atoms with Crippen LogP contribution in [-0.2, 0) is 11.2 Å². The molecular formula is C20H15NO2. The highest BCUT2D eigenvalue weighted by Gasteiger charge is 2.11. The van der Waals surface area contributed by atoms with Crippen LogP contribution in [0.1, 0.15) is 18.4 Å². The lowest BCUT2D eigenvalue weighted by molar-refractivity contribution is -0.118. The fourth-order valence-electron chi connectivity index (χ4n) is 3.49. The Kier molecular flexibility index (Phi) is 3.27. The van der Waals surface area contributed by atoms with Gasteiger partial charge in [0.2, 0.25) is 0 Å². The third kappa shape index (κ3) is 2.25. The predicted molar refractivity (Wildman–Crippen MR) is 93.9 cm³/mol. The molecule has 0 fully saturated rings. The molecule has 0 unspecified atom stereocenters. The molecule has 3 nitrogen and oxygen atoms in total. The van der Waals surface area contributed by atoms with E-state index in [1.165, 1.54) is 37.9 Å². The summed E-state index contributed by atoms with van der Waals surface area (Å²) < 4.78 is 0. The van der Waals surface area contributed by atoms with Crippen LogP contribution in [0.5, 0.6) is 0 Å². The highest BCUT2D eigenvalue weighted by Crippen LogP contribution is 2.36. The van der Waals surface area contributed by atoms with Crippen LogP contribution in [0.4, 0.5) is 0 Å². The van der Waals surface area contributed by atoms with Gasteiger partial charge in [-0.15, -0.1) is 4.91 Å². The van der Waals surface area contributed by atoms with Gasteiger partial charge in [-0.05, 0) is 50.7 Å². The quantitative estimate of drug-likeness (QED) is 0.384. The van der Waals surface area contributed by atoms with Gasteiger partial charge in [-0.25, -0.2) is 0 Å². The van der Waals surface area contributed by atoms with Crippen LogP contribution in [0.25, 0.3) is 32.3 Å². The molecule has 4 aromatic carbocycles. The Morgan fingerprint density at radius 2 is 1.48 bits per heavy atom. The predicted octanol–water partition coefficient (Wildman–Crippen LogP) is 5.20. The first-order valence-corrected chi connectivity index (χ1v) is 7.79. The maximum Gasteiger partial charge on any atom is 0.286 e. The van der Waals surface area contributed by atoms with Gasteiger partial charge >= 0.3 is 0 Å². The van der Waals surface area contributed by atoms with E-state index in [9.17, 15) is 9.70 Å². The Bertz CT molecular complexity index is 1020. The van der Waals surface area contributed by atoms with E-state index >= 15 is 0 Å². The smallest absolute Gasteiger partial charge is 0.269 e. The van der Waals surface area contributed by atoms with Crippen molar-refractivity contribution >= 4 is 38.2 Å². The average molecular weight is 301 g/mol. The van der Waals surface area contributed by atoms with E-state index in [0.29, 0.717) is 6.42 Å². The molecule has 1 amide bonds. The molecule has 0 radical (unpaired) electrons. The van der Waals surface area contributed by atoms with Crippen molar-refractivity contribution in [2.45, 2.75) is 19.3 Å². The molecule has 0 aliphatic rings. The molecule has 0 saturated heterocycles. The maximum atomic E-state index is 11.1. The average Bonchev–Trinajstić information content (AvgIpc) is 2.60. The number of carbonyl (C=O) groups excluding carboxylic acids is 1. The van der Waals surface area contributed by atoms with E-state index in [2.05, 4.69) is 59.8 Å². The van der Waals surface area contributed by atoms with Crippen LogP contribution in [0.2, 0.25) is 0 Å². The van der Waals surface area contributed by atoms with Crippen LogP contribution in [-0.4, -0.2) is 5.91 Å². The second-order valence-electron chi connectivity index (χ2n) is 5.92. The van der Waals surface area contributed by atoms with Crippen molar-refractivity contribution in [3.8, 4) is 0 Å². The largest absolute Gasteiger partial charge is 0.286 e. The van der Waals surface area contributed by atoms with Gasteiger partial charge in [0.1, 0.15) is 0 Å². The summed E-state index contributed by atoms with van der Waals surface area (Å²) in [7, 11) is 0. The van der Waals surface area contributed by atoms with Crippen molar-refractivity contribution in [3.63, 3.8) is 0 Å². The fourth-order valence-corrected chi connectivity index (χ4v) is 3.49. The number of carbonyl (C=O) groups is 1. The molecule has 0 aliphatic heterocycles. The SMILES string of the molecule is O=NC(=O)CCCc1ccc2ccc3cccc4ccc1c2c34. The van der Waals surface area contributed by atoms with Gasteiger partial charge in [0.05, 0.1) is 0 Å². The van der Waals surface area contributed by atoms with Crippen LogP contribution in [0.15, 0.2) is 59.8 Å². The minimum Gasteiger partial charge on any atom is -0.269 e. The van der Waals surface area contributed by atoms with Crippen molar-refractivity contribution in [1.82, 2.24) is 0 Å². The molecule has 0 saturated carbocycles. The van der Waals surface area contributed by atoms with Crippen LogP contribution >= 0.6 is 0 Å². The summed E-state index contributed by atoms with van der Waals surface area (Å²) in [5.41, 5.74) is 1.22. The minimum absolute atomic E-state index is 0.214. The number of hydrogen-bond acceptors (Lipinski definition) is 2. The standard InChI is InChI=1S/C20H15NO2/c22-18(21-23)6-2-3-13-7-8-16-10-9-14-4-1-5-15-11-12-17(13)20(16)19(14)15/h1,4-5,7-12H,2-3,6H2. The monoisotopic (exact) mass is 301 g/mol. The number of nitrogens with zero attached hydrogens (tertiary/aromatic N) is 1. The molecular weight excluding hydrogens is 286 g/mol. The number of nitroso groups, excluding NO2 is 1. The first kappa shape index (κ1) is 13.8. The number of amides is 1. The normalized spacial score (nSPS) is 11.5. The van der Waals surface area contributed by atoms with E-state index in [-0.39, 0.29) is 6.42 Å². The molecule has 4 rings (SSSR count). The van der Waals surface area contributed by atoms with Gasteiger partial charge in [0.15, 0.2) is 0 Å². The number of rotatable bonds is 4. The van der Waals surface area contributed by atoms with Crippen molar-refractivity contribution in [2.75, 3.05) is 0 Å². The molecule has 112 valence electrons. The van der Waals surface area contributed by atoms with Crippen molar-refractivity contribution in [3.05, 3.63) is 65.1 Å². The van der Waals surface area contributed by atoms with Crippen LogP contribution < -0.4 is 0 Å². The maximum absolute atomic E-state index is 11.1. The zero-order chi connectivity index (χ0) is 15.8. The highest BCUT2D eigenvalue weighted by molar-refractivity contribution is 6.23. The van der Waals surface area contributed by atoms with Crippen molar-refractivity contribution in [2.24, 2.45) is 5.18 Å². The lowest BCUT2D eigenvalue weighted by atomic mass is 9.90. The van der Waals surface area contributed by atoms with Gasteiger partial charge in [0, 0.05) is 11.6 Å². The molecule has 0 spiro atoms.